The summed E-state index contributed by atoms with van der Waals surface area (Å²) in [5.41, 5.74) is 0. The molecule has 0 saturated carbocycles. The van der Waals surface area contributed by atoms with Gasteiger partial charge in [-0.1, -0.05) is 264 Å². The lowest BCUT2D eigenvalue weighted by Crippen LogP contribution is -2.30. The van der Waals surface area contributed by atoms with E-state index in [1.807, 2.05) is 0 Å². The fraction of sp³-hybridized carbons (Fsp3) is 0.653. The predicted octanol–water partition coefficient (Wildman–Crippen LogP) is 22.2. The zero-order valence-corrected chi connectivity index (χ0v) is 50.6. The Labute approximate surface area is 481 Å². The maximum atomic E-state index is 12.9. The molecule has 6 heteroatoms. The summed E-state index contributed by atoms with van der Waals surface area (Å²) in [6, 6.07) is 0. The third kappa shape index (κ3) is 62.4. The third-order valence-corrected chi connectivity index (χ3v) is 13.4. The first-order valence-corrected chi connectivity index (χ1v) is 32.2. The topological polar surface area (TPSA) is 78.9 Å². The Balaban J connectivity index is 4.36. The Morgan fingerprint density at radius 3 is 0.846 bits per heavy atom. The minimum Gasteiger partial charge on any atom is -0.462 e. The number of ether oxygens (including phenoxy) is 3. The van der Waals surface area contributed by atoms with Gasteiger partial charge in [0.15, 0.2) is 6.10 Å². The van der Waals surface area contributed by atoms with E-state index in [2.05, 4.69) is 154 Å². The Hall–Kier alpha value is -4.45. The number of hydrogen-bond donors (Lipinski definition) is 0. The molecule has 0 N–H and O–H groups in total. The molecule has 1 unspecified atom stereocenters. The normalized spacial score (nSPS) is 13.0. The summed E-state index contributed by atoms with van der Waals surface area (Å²) in [5.74, 6) is -0.944. The van der Waals surface area contributed by atoms with Gasteiger partial charge in [-0.25, -0.2) is 0 Å². The molecule has 0 aromatic carbocycles. The van der Waals surface area contributed by atoms with Gasteiger partial charge in [0, 0.05) is 19.3 Å². The zero-order valence-electron chi connectivity index (χ0n) is 50.6. The fourth-order valence-corrected chi connectivity index (χ4v) is 8.53. The minimum atomic E-state index is -0.802. The van der Waals surface area contributed by atoms with E-state index in [9.17, 15) is 14.4 Å². The van der Waals surface area contributed by atoms with Gasteiger partial charge in [0.05, 0.1) is 0 Å². The number of unbranched alkanes of at least 4 members (excludes halogenated alkanes) is 24. The second-order valence-corrected chi connectivity index (χ2v) is 20.9. The van der Waals surface area contributed by atoms with E-state index in [-0.39, 0.29) is 31.1 Å². The largest absolute Gasteiger partial charge is 0.462 e. The Morgan fingerprint density at radius 2 is 0.513 bits per heavy atom. The summed E-state index contributed by atoms with van der Waals surface area (Å²) in [4.78, 5) is 38.2. The first kappa shape index (κ1) is 73.5. The van der Waals surface area contributed by atoms with Crippen LogP contribution in [-0.4, -0.2) is 37.2 Å². The van der Waals surface area contributed by atoms with Gasteiger partial charge in [-0.2, -0.15) is 0 Å². The van der Waals surface area contributed by atoms with Crippen molar-refractivity contribution in [2.75, 3.05) is 13.2 Å². The number of hydrogen-bond acceptors (Lipinski definition) is 6. The molecule has 1 atom stereocenters. The number of carbonyl (C=O) groups is 3. The summed E-state index contributed by atoms with van der Waals surface area (Å²) in [5, 5.41) is 0. The van der Waals surface area contributed by atoms with Crippen LogP contribution in [0.15, 0.2) is 134 Å². The highest BCUT2D eigenvalue weighted by Gasteiger charge is 2.19. The van der Waals surface area contributed by atoms with Crippen LogP contribution in [0.25, 0.3) is 0 Å². The van der Waals surface area contributed by atoms with E-state index >= 15 is 0 Å². The van der Waals surface area contributed by atoms with Crippen LogP contribution in [0.5, 0.6) is 0 Å². The summed E-state index contributed by atoms with van der Waals surface area (Å²) < 4.78 is 16.9. The molecule has 0 aliphatic rings. The van der Waals surface area contributed by atoms with Gasteiger partial charge < -0.3 is 14.2 Å². The van der Waals surface area contributed by atoms with Crippen molar-refractivity contribution in [3.63, 3.8) is 0 Å². The quantitative estimate of drug-likeness (QED) is 0.0261. The standard InChI is InChI=1S/C72H118O6/c1-4-7-10-13-16-19-22-24-26-28-30-31-32-33-34-35-36-37-38-39-40-41-42-44-45-47-50-53-56-59-62-65-71(74)77-68-69(67-76-70(73)64-61-58-55-52-49-21-18-15-12-9-6-3)78-72(75)66-63-60-57-54-51-48-46-43-29-27-25-23-20-17-14-11-8-5-2/h7,10,15-16,18-19,24,26-27,29-31,33-34,36-37,39-40,42,44,47,50,69H,4-6,8-9,11-14,17,20-23,25,28,32,35,38,41,43,45-46,48-49,51-68H2,1-3H3/b10-7-,18-15-,19-16-,26-24-,29-27-,31-30-,34-33-,37-36-,40-39-,44-42-,50-47-. The predicted molar refractivity (Wildman–Crippen MR) is 339 cm³/mol. The highest BCUT2D eigenvalue weighted by atomic mass is 16.6. The summed E-state index contributed by atoms with van der Waals surface area (Å²) in [6.07, 6.45) is 91.8. The van der Waals surface area contributed by atoms with Crippen molar-refractivity contribution in [1.82, 2.24) is 0 Å². The first-order chi connectivity index (χ1) is 38.5. The van der Waals surface area contributed by atoms with E-state index < -0.39 is 6.10 Å². The van der Waals surface area contributed by atoms with Crippen LogP contribution in [0.2, 0.25) is 0 Å². The molecule has 0 aliphatic carbocycles. The van der Waals surface area contributed by atoms with Gasteiger partial charge in [-0.05, 0) is 135 Å². The van der Waals surface area contributed by atoms with Crippen LogP contribution < -0.4 is 0 Å². The van der Waals surface area contributed by atoms with Gasteiger partial charge in [0.2, 0.25) is 0 Å². The van der Waals surface area contributed by atoms with Crippen molar-refractivity contribution in [2.45, 2.75) is 290 Å². The van der Waals surface area contributed by atoms with Gasteiger partial charge in [0.1, 0.15) is 13.2 Å². The smallest absolute Gasteiger partial charge is 0.306 e. The van der Waals surface area contributed by atoms with Crippen molar-refractivity contribution in [3.8, 4) is 0 Å². The third-order valence-electron chi connectivity index (χ3n) is 13.4. The first-order valence-electron chi connectivity index (χ1n) is 32.2. The second-order valence-electron chi connectivity index (χ2n) is 20.9. The molecular weight excluding hydrogens is 961 g/mol. The Kier molecular flexibility index (Phi) is 61.4. The van der Waals surface area contributed by atoms with Crippen molar-refractivity contribution in [1.29, 1.82) is 0 Å². The summed E-state index contributed by atoms with van der Waals surface area (Å²) in [7, 11) is 0. The molecule has 0 fully saturated rings. The van der Waals surface area contributed by atoms with Crippen LogP contribution in [0, 0.1) is 0 Å². The minimum absolute atomic E-state index is 0.0974. The maximum absolute atomic E-state index is 12.9. The van der Waals surface area contributed by atoms with Crippen LogP contribution in [0.3, 0.4) is 0 Å². The molecule has 0 spiro atoms. The van der Waals surface area contributed by atoms with E-state index in [1.165, 1.54) is 109 Å². The molecular formula is C72H118O6. The molecule has 0 radical (unpaired) electrons. The average Bonchev–Trinajstić information content (AvgIpc) is 3.44. The van der Waals surface area contributed by atoms with E-state index in [4.69, 9.17) is 14.2 Å². The number of allylic oxidation sites excluding steroid dienone is 22. The van der Waals surface area contributed by atoms with Gasteiger partial charge in [0.25, 0.3) is 0 Å². The Morgan fingerprint density at radius 1 is 0.269 bits per heavy atom. The highest BCUT2D eigenvalue weighted by Crippen LogP contribution is 2.15. The molecule has 6 nitrogen and oxygen atoms in total. The van der Waals surface area contributed by atoms with Crippen molar-refractivity contribution in [3.05, 3.63) is 134 Å². The van der Waals surface area contributed by atoms with Crippen molar-refractivity contribution < 1.29 is 28.6 Å². The molecule has 0 amide bonds. The SMILES string of the molecule is CC/C=C\C/C=C\C/C=C\C/C=C\C/C=C\C/C=C\C/C=C\C/C=C\C/C=C\CCCCCC(=O)OCC(COC(=O)CCCCCCC/C=C\CCCC)OC(=O)CCCCCCCCC/C=C\CCCCCCCCC. The second kappa shape index (κ2) is 65.1. The van der Waals surface area contributed by atoms with Crippen LogP contribution in [0.1, 0.15) is 284 Å². The summed E-state index contributed by atoms with van der Waals surface area (Å²) in [6.45, 7) is 6.45. The van der Waals surface area contributed by atoms with Crippen LogP contribution in [0.4, 0.5) is 0 Å². The number of esters is 3. The van der Waals surface area contributed by atoms with Gasteiger partial charge in [-0.15, -0.1) is 0 Å². The van der Waals surface area contributed by atoms with Gasteiger partial charge in [-0.3, -0.25) is 14.4 Å². The number of carbonyl (C=O) groups excluding carboxylic acids is 3. The molecule has 78 heavy (non-hydrogen) atoms. The highest BCUT2D eigenvalue weighted by molar-refractivity contribution is 5.71. The molecule has 0 aromatic heterocycles. The molecule has 442 valence electrons. The van der Waals surface area contributed by atoms with Crippen LogP contribution in [-0.2, 0) is 28.6 Å². The molecule has 0 aliphatic heterocycles. The molecule has 0 rings (SSSR count). The lowest BCUT2D eigenvalue weighted by molar-refractivity contribution is -0.167. The number of rotatable bonds is 57. The van der Waals surface area contributed by atoms with Crippen molar-refractivity contribution >= 4 is 17.9 Å². The Bertz CT molecular complexity index is 1670. The lowest BCUT2D eigenvalue weighted by atomic mass is 10.1. The monoisotopic (exact) mass is 1080 g/mol. The molecule has 0 heterocycles. The fourth-order valence-electron chi connectivity index (χ4n) is 8.53. The van der Waals surface area contributed by atoms with Crippen LogP contribution >= 0.6 is 0 Å². The van der Waals surface area contributed by atoms with Crippen molar-refractivity contribution in [2.24, 2.45) is 0 Å². The molecule has 0 bridgehead atoms. The van der Waals surface area contributed by atoms with Gasteiger partial charge >= 0.3 is 17.9 Å². The average molecular weight is 1080 g/mol. The molecule has 0 saturated heterocycles. The maximum Gasteiger partial charge on any atom is 0.306 e. The molecule has 0 aromatic rings. The van der Waals surface area contributed by atoms with E-state index in [0.717, 1.165) is 135 Å². The van der Waals surface area contributed by atoms with E-state index in [1.54, 1.807) is 0 Å². The lowest BCUT2D eigenvalue weighted by Gasteiger charge is -2.18. The van der Waals surface area contributed by atoms with E-state index in [0.29, 0.717) is 19.3 Å². The zero-order chi connectivity index (χ0) is 56.4. The summed E-state index contributed by atoms with van der Waals surface area (Å²) >= 11 is 0.